The Morgan fingerprint density at radius 2 is 2.00 bits per heavy atom. The summed E-state index contributed by atoms with van der Waals surface area (Å²) in [6.45, 7) is 7.89. The zero-order valence-electron chi connectivity index (χ0n) is 18.7. The smallest absolute Gasteiger partial charge is 0.311 e. The molecule has 170 valence electrons. The van der Waals surface area contributed by atoms with Gasteiger partial charge in [-0.2, -0.15) is 0 Å². The van der Waals surface area contributed by atoms with Crippen LogP contribution >= 0.6 is 0 Å². The number of ether oxygens (including phenoxy) is 1. The summed E-state index contributed by atoms with van der Waals surface area (Å²) in [4.78, 5) is 23.2. The van der Waals surface area contributed by atoms with Crippen LogP contribution in [0.3, 0.4) is 0 Å². The number of carbonyl (C=O) groups is 2. The number of aliphatic carboxylic acids is 1. The van der Waals surface area contributed by atoms with Crippen molar-refractivity contribution >= 4 is 11.9 Å². The second-order valence-electron chi connectivity index (χ2n) is 9.32. The number of allylic oxidation sites excluding steroid dienone is 3. The van der Waals surface area contributed by atoms with Gasteiger partial charge in [-0.1, -0.05) is 58.8 Å². The van der Waals surface area contributed by atoms with Gasteiger partial charge in [-0.15, -0.1) is 0 Å². The van der Waals surface area contributed by atoms with Crippen LogP contribution in [0.5, 0.6) is 0 Å². The number of aliphatic hydroxyl groups excluding tert-OH is 1. The summed E-state index contributed by atoms with van der Waals surface area (Å²) in [5.74, 6) is -2.96. The summed E-state index contributed by atoms with van der Waals surface area (Å²) in [5.41, 5.74) is 1.03. The van der Waals surface area contributed by atoms with Gasteiger partial charge < -0.3 is 20.1 Å². The molecule has 0 saturated carbocycles. The standard InChI is InChI=1S/C24H38O6/c1-5-16(3)23(28)30-24(29)14-15(2)12-18-11-10-17(4)20(22(18)24)9-7-6-8-19(25)13-21(26)27/h10-12,15-17,19-20,22,25,29H,5-9,13-14H2,1-4H3,(H,26,27). The number of carbonyl (C=O) groups excluding carboxylic acids is 1. The summed E-state index contributed by atoms with van der Waals surface area (Å²) in [7, 11) is 0. The molecule has 2 aliphatic carbocycles. The molecule has 7 atom stereocenters. The lowest BCUT2D eigenvalue weighted by atomic mass is 9.64. The lowest BCUT2D eigenvalue weighted by molar-refractivity contribution is -0.246. The summed E-state index contributed by atoms with van der Waals surface area (Å²) in [5, 5.41) is 30.1. The Morgan fingerprint density at radius 3 is 2.63 bits per heavy atom. The van der Waals surface area contributed by atoms with E-state index in [1.165, 1.54) is 0 Å². The van der Waals surface area contributed by atoms with Gasteiger partial charge in [-0.3, -0.25) is 9.59 Å². The zero-order chi connectivity index (χ0) is 22.5. The van der Waals surface area contributed by atoms with Crippen LogP contribution in [-0.4, -0.2) is 39.1 Å². The van der Waals surface area contributed by atoms with Crippen molar-refractivity contribution in [3.05, 3.63) is 23.8 Å². The van der Waals surface area contributed by atoms with Gasteiger partial charge >= 0.3 is 11.9 Å². The molecule has 3 N–H and O–H groups in total. The summed E-state index contributed by atoms with van der Waals surface area (Å²) < 4.78 is 5.77. The van der Waals surface area contributed by atoms with Crippen LogP contribution < -0.4 is 0 Å². The average molecular weight is 423 g/mol. The molecular formula is C24H38O6. The predicted molar refractivity (Wildman–Crippen MR) is 114 cm³/mol. The molecule has 2 aliphatic rings. The molecule has 0 aromatic carbocycles. The molecule has 0 heterocycles. The molecule has 0 radical (unpaired) electrons. The number of hydrogen-bond acceptors (Lipinski definition) is 5. The highest BCUT2D eigenvalue weighted by atomic mass is 16.7. The Labute approximate surface area is 180 Å². The number of carboxylic acids is 1. The first-order valence-electron chi connectivity index (χ1n) is 11.3. The molecule has 0 aliphatic heterocycles. The average Bonchev–Trinajstić information content (AvgIpc) is 2.64. The van der Waals surface area contributed by atoms with Crippen molar-refractivity contribution < 1.29 is 29.6 Å². The van der Waals surface area contributed by atoms with E-state index in [4.69, 9.17) is 9.84 Å². The fourth-order valence-electron chi connectivity index (χ4n) is 4.83. The molecule has 0 spiro atoms. The summed E-state index contributed by atoms with van der Waals surface area (Å²) in [6, 6.07) is 0. The molecule has 0 saturated heterocycles. The number of aliphatic hydroxyl groups is 2. The van der Waals surface area contributed by atoms with E-state index >= 15 is 0 Å². The number of fused-ring (bicyclic) bond motifs is 1. The summed E-state index contributed by atoms with van der Waals surface area (Å²) >= 11 is 0. The normalized spacial score (nSPS) is 32.7. The minimum Gasteiger partial charge on any atom is -0.481 e. The zero-order valence-corrected chi connectivity index (χ0v) is 18.7. The maximum absolute atomic E-state index is 12.5. The van der Waals surface area contributed by atoms with Crippen molar-refractivity contribution in [3.63, 3.8) is 0 Å². The van der Waals surface area contributed by atoms with E-state index in [0.717, 1.165) is 18.4 Å². The molecule has 0 aromatic heterocycles. The van der Waals surface area contributed by atoms with Crippen LogP contribution in [0.25, 0.3) is 0 Å². The molecule has 0 bridgehead atoms. The van der Waals surface area contributed by atoms with Gasteiger partial charge in [0, 0.05) is 6.42 Å². The third-order valence-corrected chi connectivity index (χ3v) is 6.66. The lowest BCUT2D eigenvalue weighted by Gasteiger charge is -2.48. The van der Waals surface area contributed by atoms with Gasteiger partial charge in [0.15, 0.2) is 0 Å². The van der Waals surface area contributed by atoms with Crippen molar-refractivity contribution in [1.82, 2.24) is 0 Å². The molecule has 0 amide bonds. The molecule has 0 fully saturated rings. The highest BCUT2D eigenvalue weighted by Crippen LogP contribution is 2.49. The molecule has 0 aromatic rings. The third kappa shape index (κ3) is 6.17. The van der Waals surface area contributed by atoms with E-state index in [2.05, 4.69) is 25.2 Å². The fourth-order valence-corrected chi connectivity index (χ4v) is 4.83. The molecule has 6 heteroatoms. The Balaban J connectivity index is 2.12. The van der Waals surface area contributed by atoms with Crippen molar-refractivity contribution in [3.8, 4) is 0 Å². The van der Waals surface area contributed by atoms with Gasteiger partial charge in [0.25, 0.3) is 0 Å². The lowest BCUT2D eigenvalue weighted by Crippen LogP contribution is -2.52. The molecular weight excluding hydrogens is 384 g/mol. The van der Waals surface area contributed by atoms with E-state index in [1.54, 1.807) is 0 Å². The number of hydrogen-bond donors (Lipinski definition) is 3. The van der Waals surface area contributed by atoms with Crippen molar-refractivity contribution in [1.29, 1.82) is 0 Å². The van der Waals surface area contributed by atoms with Crippen LogP contribution in [0.2, 0.25) is 0 Å². The van der Waals surface area contributed by atoms with Gasteiger partial charge in [0.05, 0.1) is 24.4 Å². The van der Waals surface area contributed by atoms with Crippen molar-refractivity contribution in [2.45, 2.75) is 84.5 Å². The molecule has 2 rings (SSSR count). The van der Waals surface area contributed by atoms with Gasteiger partial charge in [-0.05, 0) is 42.6 Å². The number of esters is 1. The van der Waals surface area contributed by atoms with Crippen molar-refractivity contribution in [2.75, 3.05) is 0 Å². The SMILES string of the molecule is CCC(C)C(=O)OC1(O)CC(C)C=C2C=CC(C)C(CCCCC(O)CC(=O)O)C21. The maximum atomic E-state index is 12.5. The Hall–Kier alpha value is -1.66. The molecule has 7 unspecified atom stereocenters. The van der Waals surface area contributed by atoms with Gasteiger partial charge in [0.1, 0.15) is 0 Å². The minimum absolute atomic E-state index is 0.107. The number of unbranched alkanes of at least 4 members (excludes halogenated alkanes) is 1. The summed E-state index contributed by atoms with van der Waals surface area (Å²) in [6.07, 6.45) is 9.15. The van der Waals surface area contributed by atoms with E-state index in [1.807, 2.05) is 20.8 Å². The van der Waals surface area contributed by atoms with Gasteiger partial charge in [-0.25, -0.2) is 0 Å². The second kappa shape index (κ2) is 10.6. The number of carboxylic acid groups (broad SMARTS) is 1. The van der Waals surface area contributed by atoms with Crippen molar-refractivity contribution in [2.24, 2.45) is 29.6 Å². The third-order valence-electron chi connectivity index (χ3n) is 6.66. The van der Waals surface area contributed by atoms with Crippen LogP contribution in [0, 0.1) is 29.6 Å². The molecule has 6 nitrogen and oxygen atoms in total. The second-order valence-corrected chi connectivity index (χ2v) is 9.32. The largest absolute Gasteiger partial charge is 0.481 e. The van der Waals surface area contributed by atoms with E-state index in [-0.39, 0.29) is 42.0 Å². The Morgan fingerprint density at radius 1 is 1.30 bits per heavy atom. The van der Waals surface area contributed by atoms with E-state index < -0.39 is 17.9 Å². The van der Waals surface area contributed by atoms with Gasteiger partial charge in [0.2, 0.25) is 5.79 Å². The minimum atomic E-state index is -1.52. The first-order valence-corrected chi connectivity index (χ1v) is 11.3. The quantitative estimate of drug-likeness (QED) is 0.279. The molecule has 30 heavy (non-hydrogen) atoms. The van der Waals surface area contributed by atoms with Crippen LogP contribution in [0.1, 0.15) is 72.6 Å². The van der Waals surface area contributed by atoms with Crippen LogP contribution in [0.15, 0.2) is 23.8 Å². The van der Waals surface area contributed by atoms with E-state index in [9.17, 15) is 19.8 Å². The fraction of sp³-hybridized carbons (Fsp3) is 0.750. The maximum Gasteiger partial charge on any atom is 0.311 e. The predicted octanol–water partition coefficient (Wildman–Crippen LogP) is 4.06. The van der Waals surface area contributed by atoms with E-state index in [0.29, 0.717) is 25.7 Å². The highest BCUT2D eigenvalue weighted by molar-refractivity contribution is 5.72. The first-order chi connectivity index (χ1) is 14.1. The number of rotatable bonds is 10. The first kappa shape index (κ1) is 24.6. The van der Waals surface area contributed by atoms with Crippen LogP contribution in [-0.2, 0) is 14.3 Å². The monoisotopic (exact) mass is 422 g/mol. The topological polar surface area (TPSA) is 104 Å². The Kier molecular flexibility index (Phi) is 8.68. The Bertz CT molecular complexity index is 669. The highest BCUT2D eigenvalue weighted by Gasteiger charge is 2.51. The van der Waals surface area contributed by atoms with Crippen LogP contribution in [0.4, 0.5) is 0 Å².